The molecule has 0 aliphatic carbocycles. The lowest BCUT2D eigenvalue weighted by Crippen LogP contribution is -2.58. The monoisotopic (exact) mass is 609 g/mol. The molecule has 1 saturated heterocycles. The van der Waals surface area contributed by atoms with Crippen molar-refractivity contribution in [1.29, 1.82) is 0 Å². The summed E-state index contributed by atoms with van der Waals surface area (Å²) in [6, 6.07) is 14.5. The smallest absolute Gasteiger partial charge is 0.408 e. The number of carbonyl (C=O) groups is 5. The van der Waals surface area contributed by atoms with Gasteiger partial charge in [-0.25, -0.2) is 4.79 Å². The van der Waals surface area contributed by atoms with E-state index in [2.05, 4.69) is 10.6 Å². The van der Waals surface area contributed by atoms with Crippen molar-refractivity contribution in [2.24, 2.45) is 5.73 Å². The highest BCUT2D eigenvalue weighted by atomic mass is 16.5. The zero-order valence-corrected chi connectivity index (χ0v) is 25.3. The quantitative estimate of drug-likeness (QED) is 0.237. The molecule has 238 valence electrons. The van der Waals surface area contributed by atoms with Gasteiger partial charge in [-0.3, -0.25) is 19.2 Å². The number of amides is 5. The summed E-state index contributed by atoms with van der Waals surface area (Å²) in [5.41, 5.74) is 6.80. The van der Waals surface area contributed by atoms with Crippen LogP contribution in [-0.4, -0.2) is 89.0 Å². The largest absolute Gasteiger partial charge is 0.445 e. The predicted molar refractivity (Wildman–Crippen MR) is 163 cm³/mol. The average Bonchev–Trinajstić information content (AvgIpc) is 3.51. The van der Waals surface area contributed by atoms with Crippen LogP contribution in [0, 0.1) is 0 Å². The van der Waals surface area contributed by atoms with Gasteiger partial charge < -0.3 is 36.0 Å². The van der Waals surface area contributed by atoms with Gasteiger partial charge in [-0.15, -0.1) is 0 Å². The number of carbonyl (C=O) groups excluding carboxylic acids is 5. The fourth-order valence-electron chi connectivity index (χ4n) is 5.10. The van der Waals surface area contributed by atoms with Crippen molar-refractivity contribution in [2.45, 2.75) is 76.3 Å². The maximum atomic E-state index is 13.6. The standard InChI is InChI=1S/C32H43N5O7/c1-3-4-17-36(2)30(41)26-16-11-18-37(26)31(42)28(39)24(19-22-12-7-5-8-13-22)34-29(40)25(20-27(33)38)35-32(43)44-21-23-14-9-6-10-15-23/h5-10,12-15,24-26,28,39H,3-4,11,16-21H2,1-2H3,(H2,33,38)(H,34,40)(H,35,43)/t24-,25-,26-,28?/m0/s1. The summed E-state index contributed by atoms with van der Waals surface area (Å²) >= 11 is 0. The van der Waals surface area contributed by atoms with Crippen LogP contribution in [-0.2, 0) is 36.9 Å². The van der Waals surface area contributed by atoms with Crippen LogP contribution in [0.2, 0.25) is 0 Å². The lowest BCUT2D eigenvalue weighted by Gasteiger charge is -2.32. The molecule has 0 bridgehead atoms. The Kier molecular flexibility index (Phi) is 13.2. The zero-order chi connectivity index (χ0) is 32.1. The third kappa shape index (κ3) is 10.1. The molecule has 1 heterocycles. The molecule has 3 rings (SSSR count). The molecule has 0 radical (unpaired) electrons. The number of aliphatic hydroxyl groups is 1. The SMILES string of the molecule is CCCCN(C)C(=O)[C@@H]1CCCN1C(=O)C(O)[C@H](Cc1ccccc1)NC(=O)[C@H](CC(N)=O)NC(=O)OCc1ccccc1. The number of benzene rings is 2. The Labute approximate surface area is 257 Å². The van der Waals surface area contributed by atoms with E-state index in [9.17, 15) is 29.1 Å². The van der Waals surface area contributed by atoms with E-state index >= 15 is 0 Å². The maximum Gasteiger partial charge on any atom is 0.408 e. The lowest BCUT2D eigenvalue weighted by atomic mass is 9.99. The van der Waals surface area contributed by atoms with Crippen LogP contribution in [0.1, 0.15) is 50.2 Å². The van der Waals surface area contributed by atoms with E-state index < -0.39 is 54.5 Å². The number of alkyl carbamates (subject to hydrolysis) is 1. The van der Waals surface area contributed by atoms with Gasteiger partial charge in [-0.2, -0.15) is 0 Å². The third-order valence-electron chi connectivity index (χ3n) is 7.53. The number of rotatable bonds is 15. The van der Waals surface area contributed by atoms with Crippen molar-refractivity contribution >= 4 is 29.7 Å². The summed E-state index contributed by atoms with van der Waals surface area (Å²) in [4.78, 5) is 67.5. The molecule has 2 aromatic carbocycles. The Morgan fingerprint density at radius 3 is 2.27 bits per heavy atom. The van der Waals surface area contributed by atoms with E-state index in [1.807, 2.05) is 19.1 Å². The molecule has 0 aromatic heterocycles. The van der Waals surface area contributed by atoms with Crippen LogP contribution in [0.4, 0.5) is 4.79 Å². The van der Waals surface area contributed by atoms with Crippen molar-refractivity contribution in [2.75, 3.05) is 20.1 Å². The Bertz CT molecular complexity index is 1260. The summed E-state index contributed by atoms with van der Waals surface area (Å²) in [6.07, 6.45) is -0.325. The number of primary amides is 1. The third-order valence-corrected chi connectivity index (χ3v) is 7.53. The first-order valence-corrected chi connectivity index (χ1v) is 14.9. The highest BCUT2D eigenvalue weighted by Gasteiger charge is 2.41. The van der Waals surface area contributed by atoms with Crippen molar-refractivity contribution in [3.63, 3.8) is 0 Å². The second kappa shape index (κ2) is 17.0. The van der Waals surface area contributed by atoms with Crippen LogP contribution in [0.3, 0.4) is 0 Å². The number of ether oxygens (including phenoxy) is 1. The number of likely N-dealkylation sites (tertiary alicyclic amines) is 1. The second-order valence-corrected chi connectivity index (χ2v) is 11.0. The van der Waals surface area contributed by atoms with E-state index in [0.29, 0.717) is 25.9 Å². The average molecular weight is 610 g/mol. The number of unbranched alkanes of at least 4 members (excludes halogenated alkanes) is 1. The van der Waals surface area contributed by atoms with E-state index in [1.165, 1.54) is 4.90 Å². The molecular weight excluding hydrogens is 566 g/mol. The molecule has 1 aliphatic heterocycles. The first-order chi connectivity index (χ1) is 21.1. The molecule has 12 heteroatoms. The molecule has 1 aliphatic rings. The first-order valence-electron chi connectivity index (χ1n) is 14.9. The number of nitrogens with one attached hydrogen (secondary N) is 2. The van der Waals surface area contributed by atoms with Crippen molar-refractivity contribution < 1.29 is 33.8 Å². The molecule has 1 unspecified atom stereocenters. The van der Waals surface area contributed by atoms with Crippen LogP contribution in [0.15, 0.2) is 60.7 Å². The second-order valence-electron chi connectivity index (χ2n) is 11.0. The summed E-state index contributed by atoms with van der Waals surface area (Å²) in [6.45, 7) is 2.81. The molecular formula is C32H43N5O7. The zero-order valence-electron chi connectivity index (χ0n) is 25.3. The van der Waals surface area contributed by atoms with Gasteiger partial charge in [0, 0.05) is 20.1 Å². The minimum Gasteiger partial charge on any atom is -0.445 e. The predicted octanol–water partition coefficient (Wildman–Crippen LogP) is 1.49. The fourth-order valence-corrected chi connectivity index (χ4v) is 5.10. The van der Waals surface area contributed by atoms with Gasteiger partial charge in [-0.05, 0) is 36.8 Å². The Balaban J connectivity index is 1.76. The molecule has 5 amide bonds. The minimum atomic E-state index is -1.72. The summed E-state index contributed by atoms with van der Waals surface area (Å²) < 4.78 is 5.19. The van der Waals surface area contributed by atoms with E-state index in [-0.39, 0.29) is 18.9 Å². The van der Waals surface area contributed by atoms with Gasteiger partial charge in [0.05, 0.1) is 12.5 Å². The van der Waals surface area contributed by atoms with Gasteiger partial charge in [0.2, 0.25) is 17.7 Å². The molecule has 4 atom stereocenters. The Morgan fingerprint density at radius 2 is 1.66 bits per heavy atom. The highest BCUT2D eigenvalue weighted by Crippen LogP contribution is 2.22. The fraction of sp³-hybridized carbons (Fsp3) is 0.469. The molecule has 0 spiro atoms. The number of aliphatic hydroxyl groups excluding tert-OH is 1. The maximum absolute atomic E-state index is 13.6. The minimum absolute atomic E-state index is 0.0596. The van der Waals surface area contributed by atoms with Crippen LogP contribution >= 0.6 is 0 Å². The number of hydrogen-bond acceptors (Lipinski definition) is 7. The molecule has 12 nitrogen and oxygen atoms in total. The van der Waals surface area contributed by atoms with Gasteiger partial charge in [0.15, 0.2) is 6.10 Å². The molecule has 2 aromatic rings. The van der Waals surface area contributed by atoms with Crippen LogP contribution < -0.4 is 16.4 Å². The van der Waals surface area contributed by atoms with E-state index in [1.54, 1.807) is 60.5 Å². The first kappa shape index (κ1) is 34.0. The summed E-state index contributed by atoms with van der Waals surface area (Å²) in [5, 5.41) is 16.3. The van der Waals surface area contributed by atoms with Crippen molar-refractivity contribution in [3.05, 3.63) is 71.8 Å². The normalized spacial score (nSPS) is 16.3. The van der Waals surface area contributed by atoms with Gasteiger partial charge >= 0.3 is 6.09 Å². The number of likely N-dealkylation sites (N-methyl/N-ethyl adjacent to an activating group) is 1. The van der Waals surface area contributed by atoms with Gasteiger partial charge in [-0.1, -0.05) is 74.0 Å². The summed E-state index contributed by atoms with van der Waals surface area (Å²) in [7, 11) is 1.70. The molecule has 1 fully saturated rings. The molecule has 44 heavy (non-hydrogen) atoms. The van der Waals surface area contributed by atoms with Gasteiger partial charge in [0.25, 0.3) is 5.91 Å². The van der Waals surface area contributed by atoms with Crippen molar-refractivity contribution in [1.82, 2.24) is 20.4 Å². The topological polar surface area (TPSA) is 171 Å². The lowest BCUT2D eigenvalue weighted by molar-refractivity contribution is -0.149. The van der Waals surface area contributed by atoms with Crippen molar-refractivity contribution in [3.8, 4) is 0 Å². The summed E-state index contributed by atoms with van der Waals surface area (Å²) in [5.74, 6) is -2.57. The molecule has 5 N–H and O–H groups in total. The number of nitrogens with zero attached hydrogens (tertiary/aromatic N) is 2. The number of nitrogens with two attached hydrogens (primary N) is 1. The Morgan fingerprint density at radius 1 is 1.02 bits per heavy atom. The van der Waals surface area contributed by atoms with E-state index in [0.717, 1.165) is 24.0 Å². The van der Waals surface area contributed by atoms with E-state index in [4.69, 9.17) is 10.5 Å². The highest BCUT2D eigenvalue weighted by molar-refractivity contribution is 5.92. The van der Waals surface area contributed by atoms with Crippen LogP contribution in [0.5, 0.6) is 0 Å². The van der Waals surface area contributed by atoms with Gasteiger partial charge in [0.1, 0.15) is 18.7 Å². The van der Waals surface area contributed by atoms with Crippen LogP contribution in [0.25, 0.3) is 0 Å². The molecule has 0 saturated carbocycles. The number of hydrogen-bond donors (Lipinski definition) is 4. The Hall–Kier alpha value is -4.45.